The maximum absolute atomic E-state index is 2.22. The molecule has 1 nitrogen and oxygen atoms in total. The van der Waals surface area contributed by atoms with Crippen molar-refractivity contribution in [2.75, 3.05) is 21.1 Å². The summed E-state index contributed by atoms with van der Waals surface area (Å²) in [7, 11) is 6.53. The summed E-state index contributed by atoms with van der Waals surface area (Å²) < 4.78 is 0.891. The van der Waals surface area contributed by atoms with Crippen LogP contribution in [0.4, 0.5) is 5.69 Å². The first-order chi connectivity index (χ1) is 5.00. The predicted octanol–water partition coefficient (Wildman–Crippen LogP) is 2.19. The number of aryl methyl sites for hydroxylation is 1. The minimum atomic E-state index is 0.891. The van der Waals surface area contributed by atoms with Gasteiger partial charge in [-0.1, -0.05) is 12.1 Å². The van der Waals surface area contributed by atoms with Gasteiger partial charge in [0, 0.05) is 6.07 Å². The SMILES string of the molecule is Cc1cccc([N+](C)(C)[11CH3])c1. The molecule has 0 aliphatic heterocycles. The molecule has 60 valence electrons. The molecule has 0 saturated heterocycles. The Bertz CT molecular complexity index is 245. The van der Waals surface area contributed by atoms with E-state index in [2.05, 4.69) is 52.3 Å². The molecule has 0 amide bonds. The second-order valence-electron chi connectivity index (χ2n) is 3.85. The van der Waals surface area contributed by atoms with Crippen molar-refractivity contribution < 1.29 is 0 Å². The third-order valence-corrected chi connectivity index (χ3v) is 1.78. The lowest BCUT2D eigenvalue weighted by molar-refractivity contribution is 0.486. The van der Waals surface area contributed by atoms with Gasteiger partial charge in [-0.15, -0.1) is 0 Å². The van der Waals surface area contributed by atoms with Crippen molar-refractivity contribution in [1.82, 2.24) is 4.48 Å². The van der Waals surface area contributed by atoms with E-state index in [0.29, 0.717) is 0 Å². The van der Waals surface area contributed by atoms with Crippen LogP contribution in [0.1, 0.15) is 5.56 Å². The van der Waals surface area contributed by atoms with Gasteiger partial charge in [0.25, 0.3) is 0 Å². The number of benzene rings is 1. The normalized spacial score (nSPS) is 11.6. The van der Waals surface area contributed by atoms with Gasteiger partial charge in [0.2, 0.25) is 0 Å². The van der Waals surface area contributed by atoms with E-state index in [9.17, 15) is 0 Å². The highest BCUT2D eigenvalue weighted by atomic mass is 15.2. The van der Waals surface area contributed by atoms with Gasteiger partial charge in [-0.25, -0.2) is 0 Å². The van der Waals surface area contributed by atoms with Crippen LogP contribution in [0.2, 0.25) is 0 Å². The molecule has 0 fully saturated rings. The second-order valence-corrected chi connectivity index (χ2v) is 3.85. The number of hydrogen-bond donors (Lipinski definition) is 0. The van der Waals surface area contributed by atoms with E-state index in [1.165, 1.54) is 11.3 Å². The summed E-state index contributed by atoms with van der Waals surface area (Å²) in [6, 6.07) is 8.61. The first-order valence-corrected chi connectivity index (χ1v) is 3.89. The summed E-state index contributed by atoms with van der Waals surface area (Å²) in [5, 5.41) is 0. The monoisotopic (exact) mass is 149 g/mol. The largest absolute Gasteiger partial charge is 0.298 e. The van der Waals surface area contributed by atoms with Crippen LogP contribution in [0.3, 0.4) is 0 Å². The van der Waals surface area contributed by atoms with E-state index >= 15 is 0 Å². The highest BCUT2D eigenvalue weighted by molar-refractivity contribution is 5.43. The van der Waals surface area contributed by atoms with Crippen LogP contribution >= 0.6 is 0 Å². The predicted molar refractivity (Wildman–Crippen MR) is 50.7 cm³/mol. The molecular formula is C10H16N+. The first kappa shape index (κ1) is 8.28. The molecule has 0 aliphatic carbocycles. The molecule has 0 aromatic heterocycles. The standard InChI is InChI=1S/C10H16N/c1-9-6-5-7-10(8-9)11(2,3)4/h5-8H,1-4H3/q+1/i2-1. The smallest absolute Gasteiger partial charge is 0.132 e. The minimum absolute atomic E-state index is 0.891. The number of hydrogen-bond acceptors (Lipinski definition) is 0. The maximum atomic E-state index is 2.22. The zero-order chi connectivity index (χ0) is 8.48. The summed E-state index contributed by atoms with van der Waals surface area (Å²) in [6.07, 6.45) is 0. The summed E-state index contributed by atoms with van der Waals surface area (Å²) >= 11 is 0. The quantitative estimate of drug-likeness (QED) is 0.537. The van der Waals surface area contributed by atoms with Crippen LogP contribution in [0, 0.1) is 6.92 Å². The Labute approximate surface area is 68.9 Å². The average Bonchev–Trinajstić information content (AvgIpc) is 1.86. The molecule has 0 saturated carbocycles. The molecule has 1 rings (SSSR count). The minimum Gasteiger partial charge on any atom is -0.298 e. The van der Waals surface area contributed by atoms with Crippen LogP contribution in [-0.4, -0.2) is 21.1 Å². The molecule has 0 radical (unpaired) electrons. The van der Waals surface area contributed by atoms with Gasteiger partial charge in [-0.3, -0.25) is 4.48 Å². The summed E-state index contributed by atoms with van der Waals surface area (Å²) in [5.74, 6) is 0. The lowest BCUT2D eigenvalue weighted by Crippen LogP contribution is -2.34. The molecule has 0 bridgehead atoms. The number of quaternary nitrogens is 1. The van der Waals surface area contributed by atoms with E-state index in [1.807, 2.05) is 0 Å². The molecule has 11 heavy (non-hydrogen) atoms. The Balaban J connectivity index is 3.06. The molecule has 1 heteroatoms. The Hall–Kier alpha value is -0.820. The Kier molecular flexibility index (Phi) is 2.01. The third kappa shape index (κ3) is 2.05. The van der Waals surface area contributed by atoms with E-state index in [-0.39, 0.29) is 0 Å². The Morgan fingerprint density at radius 3 is 2.09 bits per heavy atom. The van der Waals surface area contributed by atoms with Crippen molar-refractivity contribution in [3.05, 3.63) is 29.8 Å². The molecule has 0 N–H and O–H groups in total. The lowest BCUT2D eigenvalue weighted by atomic mass is 10.1. The van der Waals surface area contributed by atoms with Crippen molar-refractivity contribution in [3.63, 3.8) is 0 Å². The van der Waals surface area contributed by atoms with E-state index < -0.39 is 0 Å². The van der Waals surface area contributed by atoms with Crippen LogP contribution in [0.15, 0.2) is 24.3 Å². The summed E-state index contributed by atoms with van der Waals surface area (Å²) in [6.45, 7) is 2.12. The number of rotatable bonds is 1. The van der Waals surface area contributed by atoms with Crippen molar-refractivity contribution in [2.45, 2.75) is 6.92 Å². The van der Waals surface area contributed by atoms with E-state index in [0.717, 1.165) is 4.48 Å². The van der Waals surface area contributed by atoms with Crippen molar-refractivity contribution in [3.8, 4) is 0 Å². The molecular weight excluding hydrogens is 133 g/mol. The molecule has 0 spiro atoms. The van der Waals surface area contributed by atoms with Crippen molar-refractivity contribution >= 4 is 5.69 Å². The first-order valence-electron chi connectivity index (χ1n) is 3.89. The molecule has 0 atom stereocenters. The Morgan fingerprint density at radius 2 is 1.73 bits per heavy atom. The fraction of sp³-hybridized carbons (Fsp3) is 0.400. The van der Waals surface area contributed by atoms with Gasteiger partial charge in [0.1, 0.15) is 5.69 Å². The topological polar surface area (TPSA) is 0 Å². The lowest BCUT2D eigenvalue weighted by Gasteiger charge is -2.23. The Morgan fingerprint density at radius 1 is 1.09 bits per heavy atom. The van der Waals surface area contributed by atoms with Crippen molar-refractivity contribution in [2.24, 2.45) is 0 Å². The van der Waals surface area contributed by atoms with E-state index in [4.69, 9.17) is 0 Å². The molecule has 0 unspecified atom stereocenters. The van der Waals surface area contributed by atoms with Gasteiger partial charge in [-0.2, -0.15) is 0 Å². The van der Waals surface area contributed by atoms with Gasteiger partial charge in [0.15, 0.2) is 0 Å². The molecule has 1 aromatic carbocycles. The van der Waals surface area contributed by atoms with E-state index in [1.54, 1.807) is 0 Å². The van der Waals surface area contributed by atoms with Gasteiger partial charge < -0.3 is 0 Å². The van der Waals surface area contributed by atoms with Crippen molar-refractivity contribution in [1.29, 1.82) is 0 Å². The maximum Gasteiger partial charge on any atom is 0.132 e. The fourth-order valence-corrected chi connectivity index (χ4v) is 1.05. The fourth-order valence-electron chi connectivity index (χ4n) is 1.05. The molecule has 0 aliphatic rings. The summed E-state index contributed by atoms with van der Waals surface area (Å²) in [5.41, 5.74) is 2.68. The van der Waals surface area contributed by atoms with Gasteiger partial charge in [0.05, 0.1) is 21.1 Å². The molecule has 1 aromatic rings. The highest BCUT2D eigenvalue weighted by Crippen LogP contribution is 2.17. The zero-order valence-electron chi connectivity index (χ0n) is 7.76. The van der Waals surface area contributed by atoms with Crippen LogP contribution in [0.5, 0.6) is 0 Å². The zero-order valence-corrected chi connectivity index (χ0v) is 7.76. The van der Waals surface area contributed by atoms with Gasteiger partial charge in [-0.05, 0) is 18.6 Å². The molecule has 0 heterocycles. The third-order valence-electron chi connectivity index (χ3n) is 1.78. The summed E-state index contributed by atoms with van der Waals surface area (Å²) in [4.78, 5) is 0. The average molecular weight is 149 g/mol. The van der Waals surface area contributed by atoms with Gasteiger partial charge >= 0.3 is 0 Å². The van der Waals surface area contributed by atoms with Crippen LogP contribution < -0.4 is 4.48 Å². The van der Waals surface area contributed by atoms with Crippen LogP contribution in [-0.2, 0) is 0 Å². The number of nitrogens with zero attached hydrogens (tertiary/aromatic N) is 1. The highest BCUT2D eigenvalue weighted by Gasteiger charge is 2.10. The second kappa shape index (κ2) is 2.67. The van der Waals surface area contributed by atoms with Crippen LogP contribution in [0.25, 0.3) is 0 Å².